The summed E-state index contributed by atoms with van der Waals surface area (Å²) in [4.78, 5) is 4.78. The quantitative estimate of drug-likeness (QED) is 0.866. The Morgan fingerprint density at radius 2 is 2.00 bits per heavy atom. The number of hydrazone groups is 1. The number of morpholine rings is 1. The van der Waals surface area contributed by atoms with E-state index in [-0.39, 0.29) is 0 Å². The van der Waals surface area contributed by atoms with Gasteiger partial charge >= 0.3 is 0 Å². The summed E-state index contributed by atoms with van der Waals surface area (Å²) >= 11 is 6.24. The van der Waals surface area contributed by atoms with Crippen molar-refractivity contribution in [1.29, 1.82) is 0 Å². The van der Waals surface area contributed by atoms with Crippen LogP contribution in [0.2, 0.25) is 5.02 Å². The van der Waals surface area contributed by atoms with Gasteiger partial charge in [0, 0.05) is 37.6 Å². The Morgan fingerprint density at radius 1 is 1.18 bits per heavy atom. The lowest BCUT2D eigenvalue weighted by Crippen LogP contribution is -2.39. The van der Waals surface area contributed by atoms with Gasteiger partial charge in [0.2, 0.25) is 0 Å². The lowest BCUT2D eigenvalue weighted by Gasteiger charge is -2.27. The molecule has 1 N–H and O–H groups in total. The Hall–Kier alpha value is -1.30. The SMILES string of the molecule is Clc1ccccc1CC1=NNCN1CCCN1CCOCC1. The summed E-state index contributed by atoms with van der Waals surface area (Å²) in [5.41, 5.74) is 4.22. The van der Waals surface area contributed by atoms with Crippen molar-refractivity contribution >= 4 is 17.4 Å². The van der Waals surface area contributed by atoms with Crippen molar-refractivity contribution in [2.45, 2.75) is 12.8 Å². The van der Waals surface area contributed by atoms with E-state index in [9.17, 15) is 0 Å². The van der Waals surface area contributed by atoms with Crippen molar-refractivity contribution in [3.05, 3.63) is 34.9 Å². The first kappa shape index (κ1) is 15.6. The molecule has 1 saturated heterocycles. The number of benzene rings is 1. The highest BCUT2D eigenvalue weighted by Crippen LogP contribution is 2.17. The van der Waals surface area contributed by atoms with Gasteiger partial charge in [0.25, 0.3) is 0 Å². The van der Waals surface area contributed by atoms with Gasteiger partial charge in [-0.05, 0) is 18.1 Å². The molecular formula is C16H23ClN4O. The first-order valence-electron chi connectivity index (χ1n) is 7.91. The van der Waals surface area contributed by atoms with Crippen LogP contribution in [0.5, 0.6) is 0 Å². The van der Waals surface area contributed by atoms with Crippen LogP contribution in [0.1, 0.15) is 12.0 Å². The van der Waals surface area contributed by atoms with Crippen LogP contribution in [0.4, 0.5) is 0 Å². The molecule has 0 spiro atoms. The maximum Gasteiger partial charge on any atom is 0.130 e. The van der Waals surface area contributed by atoms with Gasteiger partial charge in [-0.1, -0.05) is 29.8 Å². The molecule has 0 saturated carbocycles. The molecule has 2 aliphatic rings. The summed E-state index contributed by atoms with van der Waals surface area (Å²) in [5, 5.41) is 5.23. The Bertz CT molecular complexity index is 517. The lowest BCUT2D eigenvalue weighted by molar-refractivity contribution is 0.0368. The molecule has 2 heterocycles. The van der Waals surface area contributed by atoms with E-state index in [0.29, 0.717) is 0 Å². The van der Waals surface area contributed by atoms with Crippen molar-refractivity contribution < 1.29 is 4.74 Å². The highest BCUT2D eigenvalue weighted by atomic mass is 35.5. The van der Waals surface area contributed by atoms with E-state index in [4.69, 9.17) is 16.3 Å². The Kier molecular flexibility index (Phi) is 5.53. The number of ether oxygens (including phenoxy) is 1. The smallest absolute Gasteiger partial charge is 0.130 e. The van der Waals surface area contributed by atoms with Gasteiger partial charge in [-0.15, -0.1) is 0 Å². The summed E-state index contributed by atoms with van der Waals surface area (Å²) in [6, 6.07) is 7.98. The summed E-state index contributed by atoms with van der Waals surface area (Å²) < 4.78 is 5.38. The zero-order valence-corrected chi connectivity index (χ0v) is 13.6. The molecule has 0 aromatic heterocycles. The minimum atomic E-state index is 0.782. The number of rotatable bonds is 6. The number of nitrogens with zero attached hydrogens (tertiary/aromatic N) is 3. The topological polar surface area (TPSA) is 40.1 Å². The molecule has 6 heteroatoms. The molecule has 0 aliphatic carbocycles. The predicted octanol–water partition coefficient (Wildman–Crippen LogP) is 1.78. The number of hydrogen-bond donors (Lipinski definition) is 1. The van der Waals surface area contributed by atoms with Crippen LogP contribution in [0.15, 0.2) is 29.4 Å². The Morgan fingerprint density at radius 3 is 2.82 bits per heavy atom. The number of hydrogen-bond acceptors (Lipinski definition) is 5. The molecule has 5 nitrogen and oxygen atoms in total. The van der Waals surface area contributed by atoms with E-state index in [1.165, 1.54) is 0 Å². The van der Waals surface area contributed by atoms with Gasteiger partial charge < -0.3 is 9.64 Å². The molecule has 1 aromatic rings. The van der Waals surface area contributed by atoms with Gasteiger partial charge in [0.1, 0.15) is 12.5 Å². The number of halogens is 1. The van der Waals surface area contributed by atoms with E-state index in [0.717, 1.165) is 75.3 Å². The van der Waals surface area contributed by atoms with Crippen LogP contribution in [-0.2, 0) is 11.2 Å². The fraction of sp³-hybridized carbons (Fsp3) is 0.562. The van der Waals surface area contributed by atoms with Crippen LogP contribution < -0.4 is 5.43 Å². The van der Waals surface area contributed by atoms with E-state index in [2.05, 4.69) is 26.4 Å². The third-order valence-corrected chi connectivity index (χ3v) is 4.52. The zero-order chi connectivity index (χ0) is 15.2. The highest BCUT2D eigenvalue weighted by Gasteiger charge is 2.18. The van der Waals surface area contributed by atoms with Crippen LogP contribution in [-0.4, -0.2) is 61.7 Å². The first-order chi connectivity index (χ1) is 10.8. The van der Waals surface area contributed by atoms with Crippen molar-refractivity contribution in [3.63, 3.8) is 0 Å². The normalized spacial score (nSPS) is 19.1. The minimum absolute atomic E-state index is 0.782. The maximum atomic E-state index is 6.24. The summed E-state index contributed by atoms with van der Waals surface area (Å²) in [5.74, 6) is 1.08. The molecule has 0 bridgehead atoms. The average molecular weight is 323 g/mol. The molecule has 1 aromatic carbocycles. The molecule has 1 fully saturated rings. The summed E-state index contributed by atoms with van der Waals surface area (Å²) in [6.45, 7) is 6.78. The second-order valence-corrected chi connectivity index (χ2v) is 6.09. The van der Waals surface area contributed by atoms with Gasteiger partial charge in [-0.2, -0.15) is 5.10 Å². The molecule has 22 heavy (non-hydrogen) atoms. The molecule has 120 valence electrons. The molecule has 3 rings (SSSR count). The molecular weight excluding hydrogens is 300 g/mol. The molecule has 0 atom stereocenters. The van der Waals surface area contributed by atoms with Crippen molar-refractivity contribution in [3.8, 4) is 0 Å². The van der Waals surface area contributed by atoms with Crippen LogP contribution in [0.3, 0.4) is 0 Å². The first-order valence-corrected chi connectivity index (χ1v) is 8.28. The number of amidine groups is 1. The third kappa shape index (κ3) is 4.12. The fourth-order valence-corrected chi connectivity index (χ4v) is 3.06. The van der Waals surface area contributed by atoms with Crippen molar-refractivity contribution in [2.24, 2.45) is 5.10 Å². The monoisotopic (exact) mass is 322 g/mol. The van der Waals surface area contributed by atoms with Gasteiger partial charge in [0.15, 0.2) is 0 Å². The second kappa shape index (κ2) is 7.81. The average Bonchev–Trinajstić information content (AvgIpc) is 2.98. The summed E-state index contributed by atoms with van der Waals surface area (Å²) in [6.07, 6.45) is 1.92. The third-order valence-electron chi connectivity index (χ3n) is 4.15. The van der Waals surface area contributed by atoms with Crippen LogP contribution >= 0.6 is 11.6 Å². The Balaban J connectivity index is 1.47. The van der Waals surface area contributed by atoms with Crippen molar-refractivity contribution in [2.75, 3.05) is 46.1 Å². The van der Waals surface area contributed by atoms with Gasteiger partial charge in [-0.3, -0.25) is 10.3 Å². The molecule has 0 radical (unpaired) electrons. The number of nitrogens with one attached hydrogen (secondary N) is 1. The molecule has 2 aliphatic heterocycles. The van der Waals surface area contributed by atoms with Gasteiger partial charge in [0.05, 0.1) is 13.2 Å². The predicted molar refractivity (Wildman–Crippen MR) is 89.2 cm³/mol. The van der Waals surface area contributed by atoms with Gasteiger partial charge in [-0.25, -0.2) is 0 Å². The van der Waals surface area contributed by atoms with Crippen LogP contribution in [0.25, 0.3) is 0 Å². The van der Waals surface area contributed by atoms with Crippen LogP contribution in [0, 0.1) is 0 Å². The fourth-order valence-electron chi connectivity index (χ4n) is 2.86. The maximum absolute atomic E-state index is 6.24. The molecule has 0 unspecified atom stereocenters. The van der Waals surface area contributed by atoms with Crippen molar-refractivity contribution in [1.82, 2.24) is 15.2 Å². The zero-order valence-electron chi connectivity index (χ0n) is 12.8. The van der Waals surface area contributed by atoms with E-state index in [1.807, 2.05) is 18.2 Å². The lowest BCUT2D eigenvalue weighted by atomic mass is 10.1. The van der Waals surface area contributed by atoms with E-state index >= 15 is 0 Å². The second-order valence-electron chi connectivity index (χ2n) is 5.68. The van der Waals surface area contributed by atoms with E-state index < -0.39 is 0 Å². The molecule has 0 amide bonds. The summed E-state index contributed by atoms with van der Waals surface area (Å²) in [7, 11) is 0. The largest absolute Gasteiger partial charge is 0.379 e. The standard InChI is InChI=1S/C16H23ClN4O/c17-15-5-2-1-4-14(15)12-16-19-18-13-21(16)7-3-6-20-8-10-22-11-9-20/h1-2,4-5,18H,3,6-13H2. The minimum Gasteiger partial charge on any atom is -0.379 e. The Labute approximate surface area is 136 Å². The highest BCUT2D eigenvalue weighted by molar-refractivity contribution is 6.31. The van der Waals surface area contributed by atoms with E-state index in [1.54, 1.807) is 0 Å².